The average molecular weight is 557 g/mol. The van der Waals surface area contributed by atoms with E-state index in [0.717, 1.165) is 0 Å². The summed E-state index contributed by atoms with van der Waals surface area (Å²) in [5.41, 5.74) is -2.85. The molecule has 0 amide bonds. The monoisotopic (exact) mass is 556 g/mol. The van der Waals surface area contributed by atoms with E-state index < -0.39 is 70.8 Å². The molecule has 0 unspecified atom stereocenters. The Hall–Kier alpha value is -3.01. The van der Waals surface area contributed by atoms with Crippen LogP contribution < -0.4 is 0 Å². The minimum absolute atomic E-state index is 0.191. The van der Waals surface area contributed by atoms with Gasteiger partial charge < -0.3 is 29.5 Å². The zero-order valence-electron chi connectivity index (χ0n) is 24.0. The highest BCUT2D eigenvalue weighted by Gasteiger charge is 2.69. The molecule has 3 N–H and O–H groups in total. The van der Waals surface area contributed by atoms with Crippen LogP contribution in [0.3, 0.4) is 0 Å². The van der Waals surface area contributed by atoms with Crippen LogP contribution in [0.4, 0.5) is 0 Å². The molecule has 2 fully saturated rings. The summed E-state index contributed by atoms with van der Waals surface area (Å²) in [6.07, 6.45) is -5.43. The largest absolute Gasteiger partial charge is 0.458 e. The number of aliphatic hydroxyl groups excluding tert-OH is 2. The third-order valence-electron chi connectivity index (χ3n) is 9.49. The van der Waals surface area contributed by atoms with Gasteiger partial charge in [0.1, 0.15) is 17.8 Å². The second kappa shape index (κ2) is 10.4. The Morgan fingerprint density at radius 2 is 1.52 bits per heavy atom. The summed E-state index contributed by atoms with van der Waals surface area (Å²) in [7, 11) is 0. The Bertz CT molecular complexity index is 1230. The molecule has 0 radical (unpaired) electrons. The lowest BCUT2D eigenvalue weighted by Crippen LogP contribution is -2.71. The van der Waals surface area contributed by atoms with Crippen LogP contribution in [0.1, 0.15) is 71.2 Å². The molecule has 40 heavy (non-hydrogen) atoms. The Labute approximate surface area is 234 Å². The zero-order chi connectivity index (χ0) is 29.8. The number of aliphatic hydroxyl groups is 3. The molecule has 2 saturated carbocycles. The average Bonchev–Trinajstić information content (AvgIpc) is 2.87. The van der Waals surface area contributed by atoms with Gasteiger partial charge in [0.25, 0.3) is 0 Å². The molecule has 0 heterocycles. The quantitative estimate of drug-likeness (QED) is 0.290. The van der Waals surface area contributed by atoms with Gasteiger partial charge >= 0.3 is 17.9 Å². The molecular formula is C31H40O9. The second-order valence-electron chi connectivity index (χ2n) is 12.2. The van der Waals surface area contributed by atoms with Crippen molar-refractivity contribution in [1.29, 1.82) is 0 Å². The van der Waals surface area contributed by atoms with Gasteiger partial charge in [0, 0.05) is 37.0 Å². The Morgan fingerprint density at radius 3 is 2.10 bits per heavy atom. The van der Waals surface area contributed by atoms with E-state index >= 15 is 0 Å². The number of carbonyl (C=O) groups is 3. The number of hydrogen-bond acceptors (Lipinski definition) is 9. The third kappa shape index (κ3) is 4.67. The van der Waals surface area contributed by atoms with Gasteiger partial charge in [-0.2, -0.15) is 0 Å². The lowest BCUT2D eigenvalue weighted by atomic mass is 9.47. The van der Waals surface area contributed by atoms with E-state index in [1.807, 2.05) is 6.92 Å². The molecule has 9 heteroatoms. The molecule has 1 aromatic carbocycles. The standard InChI is InChI=1S/C31H40O9/c1-16-21(34)13-14-30(7)24(16)26(40-28(36)20-11-9-8-10-12-20)31(37)15-22(35)17(2)23(29(31,5)6)25(38-18(3)32)27(30)39-19(4)33/h8-12,21-22,24-27,34-35,37H,1,13-15H2,2-7H3/t21-,22-,24-,25+,26+,27-,30+,31+/m0/s1. The van der Waals surface area contributed by atoms with E-state index in [4.69, 9.17) is 14.2 Å². The highest BCUT2D eigenvalue weighted by Crippen LogP contribution is 2.62. The van der Waals surface area contributed by atoms with E-state index in [0.29, 0.717) is 16.7 Å². The van der Waals surface area contributed by atoms with E-state index in [2.05, 4.69) is 6.58 Å². The molecule has 0 saturated heterocycles. The Morgan fingerprint density at radius 1 is 0.925 bits per heavy atom. The first-order valence-electron chi connectivity index (χ1n) is 13.6. The molecule has 1 aromatic rings. The van der Waals surface area contributed by atoms with Gasteiger partial charge in [-0.3, -0.25) is 9.59 Å². The minimum atomic E-state index is -1.91. The Balaban J connectivity index is 2.05. The van der Waals surface area contributed by atoms with Gasteiger partial charge in [0.2, 0.25) is 0 Å². The van der Waals surface area contributed by atoms with E-state index in [-0.39, 0.29) is 24.8 Å². The molecule has 3 aliphatic carbocycles. The van der Waals surface area contributed by atoms with Crippen molar-refractivity contribution >= 4 is 17.9 Å². The second-order valence-corrected chi connectivity index (χ2v) is 12.2. The molecule has 3 aliphatic rings. The summed E-state index contributed by atoms with van der Waals surface area (Å²) < 4.78 is 18.1. The van der Waals surface area contributed by atoms with Crippen molar-refractivity contribution in [3.05, 3.63) is 59.2 Å². The summed E-state index contributed by atoms with van der Waals surface area (Å²) in [5, 5.41) is 35.0. The fourth-order valence-corrected chi connectivity index (χ4v) is 7.31. The summed E-state index contributed by atoms with van der Waals surface area (Å²) in [6.45, 7) is 13.6. The summed E-state index contributed by atoms with van der Waals surface area (Å²) in [5.74, 6) is -2.90. The first kappa shape index (κ1) is 30.0. The summed E-state index contributed by atoms with van der Waals surface area (Å²) in [4.78, 5) is 38.6. The number of carbonyl (C=O) groups excluding carboxylic acids is 3. The van der Waals surface area contributed by atoms with Gasteiger partial charge in [-0.05, 0) is 48.6 Å². The lowest BCUT2D eigenvalue weighted by Gasteiger charge is -2.62. The highest BCUT2D eigenvalue weighted by atomic mass is 16.6. The summed E-state index contributed by atoms with van der Waals surface area (Å²) >= 11 is 0. The Kier molecular flexibility index (Phi) is 7.81. The molecule has 218 valence electrons. The van der Waals surface area contributed by atoms with Crippen molar-refractivity contribution in [3.8, 4) is 0 Å². The van der Waals surface area contributed by atoms with Crippen LogP contribution in [0, 0.1) is 16.7 Å². The molecule has 0 aromatic heterocycles. The van der Waals surface area contributed by atoms with Gasteiger partial charge in [-0.15, -0.1) is 0 Å². The smallest absolute Gasteiger partial charge is 0.338 e. The molecule has 4 rings (SSSR count). The number of rotatable bonds is 4. The molecule has 9 nitrogen and oxygen atoms in total. The van der Waals surface area contributed by atoms with Crippen LogP contribution in [0.2, 0.25) is 0 Å². The van der Waals surface area contributed by atoms with Crippen LogP contribution in [-0.2, 0) is 23.8 Å². The number of ether oxygens (including phenoxy) is 3. The highest BCUT2D eigenvalue weighted by molar-refractivity contribution is 5.89. The topological polar surface area (TPSA) is 140 Å². The first-order valence-corrected chi connectivity index (χ1v) is 13.6. The number of fused-ring (bicyclic) bond motifs is 3. The van der Waals surface area contributed by atoms with E-state index in [1.165, 1.54) is 13.8 Å². The number of benzene rings is 1. The minimum Gasteiger partial charge on any atom is -0.458 e. The fourth-order valence-electron chi connectivity index (χ4n) is 7.31. The summed E-state index contributed by atoms with van der Waals surface area (Å²) in [6, 6.07) is 8.32. The maximum atomic E-state index is 13.6. The predicted molar refractivity (Wildman–Crippen MR) is 145 cm³/mol. The van der Waals surface area contributed by atoms with Crippen molar-refractivity contribution in [2.45, 2.75) is 96.9 Å². The number of hydrogen-bond donors (Lipinski definition) is 3. The molecule has 0 spiro atoms. The predicted octanol–water partition coefficient (Wildman–Crippen LogP) is 3.26. The van der Waals surface area contributed by atoms with Crippen LogP contribution in [0.5, 0.6) is 0 Å². The van der Waals surface area contributed by atoms with Gasteiger partial charge in [0.05, 0.1) is 17.8 Å². The normalized spacial score (nSPS) is 37.0. The molecule has 2 bridgehead atoms. The molecular weight excluding hydrogens is 516 g/mol. The van der Waals surface area contributed by atoms with Crippen molar-refractivity contribution in [1.82, 2.24) is 0 Å². The van der Waals surface area contributed by atoms with Gasteiger partial charge in [-0.1, -0.05) is 45.5 Å². The van der Waals surface area contributed by atoms with Crippen LogP contribution >= 0.6 is 0 Å². The van der Waals surface area contributed by atoms with Crippen molar-refractivity contribution < 1.29 is 43.9 Å². The van der Waals surface area contributed by atoms with Crippen molar-refractivity contribution in [3.63, 3.8) is 0 Å². The van der Waals surface area contributed by atoms with E-state index in [9.17, 15) is 29.7 Å². The lowest BCUT2D eigenvalue weighted by molar-refractivity contribution is -0.233. The van der Waals surface area contributed by atoms with Crippen molar-refractivity contribution in [2.24, 2.45) is 16.7 Å². The maximum Gasteiger partial charge on any atom is 0.338 e. The van der Waals surface area contributed by atoms with Crippen LogP contribution in [0.25, 0.3) is 0 Å². The maximum absolute atomic E-state index is 13.6. The third-order valence-corrected chi connectivity index (χ3v) is 9.49. The molecule has 8 atom stereocenters. The fraction of sp³-hybridized carbons (Fsp3) is 0.581. The molecule has 0 aliphatic heterocycles. The van der Waals surface area contributed by atoms with Gasteiger partial charge in [-0.25, -0.2) is 4.79 Å². The van der Waals surface area contributed by atoms with E-state index in [1.54, 1.807) is 51.1 Å². The number of esters is 3. The van der Waals surface area contributed by atoms with Crippen LogP contribution in [0.15, 0.2) is 53.6 Å². The SMILES string of the molecule is C=C1[C@@H](O)CC[C@@]2(C)[C@@H](OC(C)=O)[C@H](OC(C)=O)C3=C(C)[C@@H](O)C[C@@](O)([C@H](OC(=O)c4ccccc4)[C@H]12)C3(C)C. The first-order chi connectivity index (χ1) is 18.6. The zero-order valence-corrected chi connectivity index (χ0v) is 24.0. The van der Waals surface area contributed by atoms with Gasteiger partial charge in [0.15, 0.2) is 6.10 Å². The van der Waals surface area contributed by atoms with Crippen LogP contribution in [-0.4, -0.2) is 69.3 Å². The van der Waals surface area contributed by atoms with Crippen molar-refractivity contribution in [2.75, 3.05) is 0 Å².